The predicted molar refractivity (Wildman–Crippen MR) is 118 cm³/mol. The number of hydrogen-bond acceptors (Lipinski definition) is 9. The molecule has 2 aromatic heterocycles. The van der Waals surface area contributed by atoms with Crippen LogP contribution >= 0.6 is 0 Å². The van der Waals surface area contributed by atoms with Gasteiger partial charge in [0.2, 0.25) is 17.8 Å². The highest BCUT2D eigenvalue weighted by Gasteiger charge is 2.22. The lowest BCUT2D eigenvalue weighted by Gasteiger charge is -2.30. The highest BCUT2D eigenvalue weighted by Crippen LogP contribution is 2.21. The van der Waals surface area contributed by atoms with E-state index in [2.05, 4.69) is 47.4 Å². The number of H-pyrrole nitrogens is 1. The van der Waals surface area contributed by atoms with Gasteiger partial charge in [0, 0.05) is 24.8 Å². The summed E-state index contributed by atoms with van der Waals surface area (Å²) in [7, 11) is 0. The first-order valence-electron chi connectivity index (χ1n) is 9.90. The fourth-order valence-electron chi connectivity index (χ4n) is 2.93. The predicted octanol–water partition coefficient (Wildman–Crippen LogP) is 1.76. The number of amidine groups is 1. The van der Waals surface area contributed by atoms with Crippen LogP contribution in [-0.2, 0) is 0 Å². The quantitative estimate of drug-likeness (QED) is 0.239. The van der Waals surface area contributed by atoms with Gasteiger partial charge in [0.05, 0.1) is 18.3 Å². The van der Waals surface area contributed by atoms with Gasteiger partial charge in [-0.1, -0.05) is 6.58 Å². The summed E-state index contributed by atoms with van der Waals surface area (Å²) in [5, 5.41) is 23.1. The number of aromatic amines is 1. The third-order valence-corrected chi connectivity index (χ3v) is 4.57. The normalized spacial score (nSPS) is 18.6. The second kappa shape index (κ2) is 9.98. The molecular weight excluding hydrogens is 403 g/mol. The summed E-state index contributed by atoms with van der Waals surface area (Å²) in [4.78, 5) is 19.1. The molecule has 1 saturated heterocycles. The van der Waals surface area contributed by atoms with Crippen molar-refractivity contribution >= 4 is 29.5 Å². The monoisotopic (exact) mass is 430 g/mol. The first-order valence-corrected chi connectivity index (χ1v) is 9.90. The number of aliphatic hydroxyl groups is 1. The van der Waals surface area contributed by atoms with E-state index in [0.29, 0.717) is 24.9 Å². The maximum atomic E-state index is 13.2. The molecule has 2 atom stereocenters. The van der Waals surface area contributed by atoms with Gasteiger partial charge >= 0.3 is 0 Å². The summed E-state index contributed by atoms with van der Waals surface area (Å²) >= 11 is 0. The van der Waals surface area contributed by atoms with Crippen molar-refractivity contribution in [1.29, 1.82) is 0 Å². The first-order chi connectivity index (χ1) is 14.8. The van der Waals surface area contributed by atoms with Gasteiger partial charge in [-0.05, 0) is 32.8 Å². The molecule has 12 heteroatoms. The van der Waals surface area contributed by atoms with Crippen LogP contribution in [0.3, 0.4) is 0 Å². The average Bonchev–Trinajstić information content (AvgIpc) is 3.15. The zero-order chi connectivity index (χ0) is 22.4. The topological polar surface area (TPSA) is 153 Å². The van der Waals surface area contributed by atoms with Gasteiger partial charge in [0.25, 0.3) is 0 Å². The van der Waals surface area contributed by atoms with E-state index in [9.17, 15) is 9.50 Å². The van der Waals surface area contributed by atoms with Crippen molar-refractivity contribution in [1.82, 2.24) is 25.1 Å². The Labute approximate surface area is 179 Å². The number of aromatic nitrogens is 5. The Morgan fingerprint density at radius 1 is 1.45 bits per heavy atom. The molecule has 31 heavy (non-hydrogen) atoms. The number of aliphatic imine (C=N–C) groups is 1. The van der Waals surface area contributed by atoms with E-state index in [1.165, 1.54) is 0 Å². The van der Waals surface area contributed by atoms with Gasteiger partial charge in [-0.25, -0.2) is 9.38 Å². The van der Waals surface area contributed by atoms with Crippen molar-refractivity contribution in [3.8, 4) is 0 Å². The van der Waals surface area contributed by atoms with E-state index in [0.717, 1.165) is 30.8 Å². The fraction of sp³-hybridized carbons (Fsp3) is 0.421. The number of aliphatic hydroxyl groups excluding tert-OH is 1. The highest BCUT2D eigenvalue weighted by molar-refractivity contribution is 5.88. The molecule has 0 amide bonds. The molecule has 11 nitrogen and oxygen atoms in total. The van der Waals surface area contributed by atoms with Gasteiger partial charge in [-0.3, -0.25) is 5.10 Å². The molecule has 2 aromatic rings. The van der Waals surface area contributed by atoms with Crippen molar-refractivity contribution in [2.45, 2.75) is 38.8 Å². The number of nitrogens with two attached hydrogens (primary N) is 1. The molecule has 0 unspecified atom stereocenters. The number of nitrogens with zero attached hydrogens (tertiary/aromatic N) is 6. The number of piperidine rings is 1. The Kier molecular flexibility index (Phi) is 7.13. The molecule has 0 bridgehead atoms. The molecule has 1 aliphatic heterocycles. The van der Waals surface area contributed by atoms with Gasteiger partial charge in [0.1, 0.15) is 11.7 Å². The van der Waals surface area contributed by atoms with Crippen LogP contribution in [0.4, 0.5) is 28.1 Å². The summed E-state index contributed by atoms with van der Waals surface area (Å²) in [5.74, 6) is 1.04. The zero-order valence-corrected chi connectivity index (χ0v) is 17.5. The van der Waals surface area contributed by atoms with E-state index in [-0.39, 0.29) is 17.7 Å². The molecule has 0 aromatic carbocycles. The number of aryl methyl sites for hydroxylation is 1. The van der Waals surface area contributed by atoms with Crippen LogP contribution in [-0.4, -0.2) is 61.3 Å². The Morgan fingerprint density at radius 3 is 2.90 bits per heavy atom. The summed E-state index contributed by atoms with van der Waals surface area (Å²) in [6.45, 7) is 8.09. The van der Waals surface area contributed by atoms with Crippen molar-refractivity contribution in [2.24, 2.45) is 10.7 Å². The van der Waals surface area contributed by atoms with Gasteiger partial charge in [-0.2, -0.15) is 20.1 Å². The van der Waals surface area contributed by atoms with E-state index < -0.39 is 18.0 Å². The van der Waals surface area contributed by atoms with Gasteiger partial charge in [-0.15, -0.1) is 0 Å². The minimum absolute atomic E-state index is 0.143. The highest BCUT2D eigenvalue weighted by atomic mass is 19.1. The smallest absolute Gasteiger partial charge is 0.235 e. The Morgan fingerprint density at radius 2 is 2.23 bits per heavy atom. The second-order valence-corrected chi connectivity index (χ2v) is 7.22. The standard InChI is InChI=1S/C19H27FN10O/c1-4-13(20)9-22-16(21)12(3)23-17-25-18(24-15-8-11(2)28-29-15)27-19(26-17)30-7-5-6-14(31)10-30/h4,8-9,12,14,31H,1,5-7,10H2,2-3H3,(H2,21,22)(H3,23,24,25,26,27,28,29)/b13-9+/t12-,14+/m0/s1. The summed E-state index contributed by atoms with van der Waals surface area (Å²) < 4.78 is 13.2. The van der Waals surface area contributed by atoms with Crippen LogP contribution in [0.2, 0.25) is 0 Å². The molecule has 1 aliphatic rings. The third kappa shape index (κ3) is 6.22. The van der Waals surface area contributed by atoms with Crippen LogP contribution in [0.5, 0.6) is 0 Å². The van der Waals surface area contributed by atoms with Crippen LogP contribution in [0, 0.1) is 6.92 Å². The average molecular weight is 430 g/mol. The molecule has 166 valence electrons. The zero-order valence-electron chi connectivity index (χ0n) is 17.5. The van der Waals surface area contributed by atoms with Crippen molar-refractivity contribution in [2.75, 3.05) is 28.6 Å². The van der Waals surface area contributed by atoms with Crippen LogP contribution < -0.4 is 21.3 Å². The molecular formula is C19H27FN10O. The Balaban J connectivity index is 1.86. The minimum Gasteiger partial charge on any atom is -0.391 e. The molecule has 1 fully saturated rings. The van der Waals surface area contributed by atoms with E-state index in [1.807, 2.05) is 17.9 Å². The summed E-state index contributed by atoms with van der Waals surface area (Å²) in [6, 6.07) is 1.33. The van der Waals surface area contributed by atoms with Crippen molar-refractivity contribution < 1.29 is 9.50 Å². The molecule has 3 heterocycles. The summed E-state index contributed by atoms with van der Waals surface area (Å²) in [6.07, 6.45) is 3.15. The first kappa shape index (κ1) is 22.2. The SMILES string of the molecule is C=C/C(F)=C\N=C(N)[C@H](C)Nc1nc(Nc2cc(C)[nH]n2)nc(N2CCC[C@@H](O)C2)n1. The lowest BCUT2D eigenvalue weighted by Crippen LogP contribution is -2.39. The Bertz CT molecular complexity index is 972. The van der Waals surface area contributed by atoms with Crippen LogP contribution in [0.15, 0.2) is 35.7 Å². The Hall–Kier alpha value is -3.54. The van der Waals surface area contributed by atoms with Gasteiger partial charge in [0.15, 0.2) is 5.82 Å². The fourth-order valence-corrected chi connectivity index (χ4v) is 2.93. The number of allylic oxidation sites excluding steroid dienone is 2. The third-order valence-electron chi connectivity index (χ3n) is 4.57. The lowest BCUT2D eigenvalue weighted by molar-refractivity contribution is 0.153. The maximum absolute atomic E-state index is 13.2. The molecule has 6 N–H and O–H groups in total. The number of nitrogens with one attached hydrogen (secondary N) is 3. The molecule has 0 radical (unpaired) electrons. The van der Waals surface area contributed by atoms with E-state index >= 15 is 0 Å². The minimum atomic E-state index is -0.595. The van der Waals surface area contributed by atoms with Crippen LogP contribution in [0.25, 0.3) is 0 Å². The molecule has 0 aliphatic carbocycles. The van der Waals surface area contributed by atoms with E-state index in [4.69, 9.17) is 5.73 Å². The largest absolute Gasteiger partial charge is 0.391 e. The molecule has 3 rings (SSSR count). The number of hydrogen-bond donors (Lipinski definition) is 5. The maximum Gasteiger partial charge on any atom is 0.235 e. The molecule has 0 spiro atoms. The lowest BCUT2D eigenvalue weighted by atomic mass is 10.1. The van der Waals surface area contributed by atoms with Crippen molar-refractivity contribution in [3.05, 3.63) is 36.4 Å². The number of β-amino-alcohol motifs (C(OH)–C–C–N with tert-alkyl or cyclic N) is 1. The second-order valence-electron chi connectivity index (χ2n) is 7.22. The summed E-state index contributed by atoms with van der Waals surface area (Å²) in [5.41, 5.74) is 6.81. The van der Waals surface area contributed by atoms with E-state index in [1.54, 1.807) is 6.92 Å². The van der Waals surface area contributed by atoms with Gasteiger partial charge < -0.3 is 26.4 Å². The number of rotatable bonds is 8. The number of anilines is 4. The van der Waals surface area contributed by atoms with Crippen molar-refractivity contribution in [3.63, 3.8) is 0 Å². The number of halogens is 1. The molecule has 0 saturated carbocycles. The van der Waals surface area contributed by atoms with Crippen LogP contribution in [0.1, 0.15) is 25.5 Å².